The summed E-state index contributed by atoms with van der Waals surface area (Å²) in [5, 5.41) is 9.37. The van der Waals surface area contributed by atoms with E-state index >= 15 is 0 Å². The molecule has 0 saturated heterocycles. The van der Waals surface area contributed by atoms with Crippen molar-refractivity contribution in [2.45, 2.75) is 39.3 Å². The van der Waals surface area contributed by atoms with Crippen LogP contribution >= 0.6 is 0 Å². The number of carbonyl (C=O) groups is 1. The third-order valence-corrected chi connectivity index (χ3v) is 3.80. The number of rotatable bonds is 10. The number of carbonyl (C=O) groups excluding carboxylic acids is 1. The van der Waals surface area contributed by atoms with Crippen LogP contribution in [0.15, 0.2) is 35.3 Å². The molecule has 1 fully saturated rings. The number of hydrogen-bond acceptors (Lipinski definition) is 3. The van der Waals surface area contributed by atoms with E-state index in [0.717, 1.165) is 25.9 Å². The van der Waals surface area contributed by atoms with Gasteiger partial charge in [-0.15, -0.1) is 0 Å². The molecule has 0 spiro atoms. The Bertz CT molecular complexity index is 544. The maximum atomic E-state index is 11.7. The van der Waals surface area contributed by atoms with Crippen LogP contribution in [-0.2, 0) is 16.1 Å². The molecule has 1 aromatic rings. The highest BCUT2D eigenvalue weighted by atomic mass is 16.5. The lowest BCUT2D eigenvalue weighted by molar-refractivity contribution is -0.119. The smallest absolute Gasteiger partial charge is 0.242 e. The van der Waals surface area contributed by atoms with Crippen molar-refractivity contribution >= 4 is 11.9 Å². The summed E-state index contributed by atoms with van der Waals surface area (Å²) >= 11 is 0. The Labute approximate surface area is 150 Å². The van der Waals surface area contributed by atoms with E-state index in [1.807, 2.05) is 25.1 Å². The first kappa shape index (κ1) is 19.2. The summed E-state index contributed by atoms with van der Waals surface area (Å²) in [5.41, 5.74) is 1.18. The lowest BCUT2D eigenvalue weighted by atomic mass is 10.2. The van der Waals surface area contributed by atoms with Crippen LogP contribution < -0.4 is 16.0 Å². The van der Waals surface area contributed by atoms with Crippen molar-refractivity contribution < 1.29 is 9.53 Å². The van der Waals surface area contributed by atoms with Gasteiger partial charge in [0.2, 0.25) is 5.91 Å². The van der Waals surface area contributed by atoms with Crippen molar-refractivity contribution in [3.63, 3.8) is 0 Å². The first-order valence-electron chi connectivity index (χ1n) is 9.10. The minimum absolute atomic E-state index is 0.0149. The van der Waals surface area contributed by atoms with Crippen molar-refractivity contribution in [2.75, 3.05) is 26.2 Å². The number of aliphatic imine (C=N–C) groups is 1. The summed E-state index contributed by atoms with van der Waals surface area (Å²) in [7, 11) is 0. The molecule has 0 aliphatic heterocycles. The molecule has 0 heterocycles. The molecule has 6 heteroatoms. The molecule has 1 atom stereocenters. The third-order valence-electron chi connectivity index (χ3n) is 3.80. The Hall–Kier alpha value is -2.08. The van der Waals surface area contributed by atoms with Crippen molar-refractivity contribution in [1.82, 2.24) is 16.0 Å². The highest BCUT2D eigenvalue weighted by molar-refractivity contribution is 5.85. The van der Waals surface area contributed by atoms with E-state index in [2.05, 4.69) is 40.0 Å². The Morgan fingerprint density at radius 2 is 2.04 bits per heavy atom. The first-order valence-corrected chi connectivity index (χ1v) is 9.10. The second-order valence-electron chi connectivity index (χ2n) is 6.52. The van der Waals surface area contributed by atoms with Gasteiger partial charge in [0, 0.05) is 19.1 Å². The first-order chi connectivity index (χ1) is 12.2. The van der Waals surface area contributed by atoms with Crippen LogP contribution in [-0.4, -0.2) is 44.1 Å². The zero-order chi connectivity index (χ0) is 17.9. The van der Waals surface area contributed by atoms with E-state index in [9.17, 15) is 4.79 Å². The summed E-state index contributed by atoms with van der Waals surface area (Å²) in [6.45, 7) is 7.09. The number of ether oxygens (including phenoxy) is 1. The Morgan fingerprint density at radius 3 is 2.72 bits per heavy atom. The largest absolute Gasteiger partial charge is 0.376 e. The molecule has 3 N–H and O–H groups in total. The molecule has 1 aromatic carbocycles. The number of hydrogen-bond donors (Lipinski definition) is 3. The van der Waals surface area contributed by atoms with Gasteiger partial charge in [-0.2, -0.15) is 0 Å². The van der Waals surface area contributed by atoms with Gasteiger partial charge in [-0.25, -0.2) is 4.99 Å². The molecule has 1 aliphatic carbocycles. The van der Waals surface area contributed by atoms with E-state index in [4.69, 9.17) is 4.74 Å². The van der Waals surface area contributed by atoms with Crippen molar-refractivity contribution in [2.24, 2.45) is 10.9 Å². The fourth-order valence-corrected chi connectivity index (χ4v) is 2.28. The molecule has 1 aliphatic rings. The Kier molecular flexibility index (Phi) is 8.25. The number of nitrogens with zero attached hydrogens (tertiary/aromatic N) is 1. The van der Waals surface area contributed by atoms with Gasteiger partial charge >= 0.3 is 0 Å². The quantitative estimate of drug-likeness (QED) is 0.445. The molecular weight excluding hydrogens is 316 g/mol. The van der Waals surface area contributed by atoms with Gasteiger partial charge in [0.25, 0.3) is 0 Å². The van der Waals surface area contributed by atoms with Gasteiger partial charge in [0.1, 0.15) is 6.54 Å². The van der Waals surface area contributed by atoms with Gasteiger partial charge in [0.15, 0.2) is 5.96 Å². The van der Waals surface area contributed by atoms with Gasteiger partial charge < -0.3 is 20.7 Å². The normalized spacial score (nSPS) is 15.5. The van der Waals surface area contributed by atoms with Crippen LogP contribution in [0.3, 0.4) is 0 Å². The standard InChI is InChI=1S/C19H30N4O2/c1-3-20-19(22-12-18(24)23-17-9-10-17)21-11-15(2)13-25-14-16-7-5-4-6-8-16/h4-8,15,17H,3,9-14H2,1-2H3,(H,23,24)(H2,20,21,22). The zero-order valence-corrected chi connectivity index (χ0v) is 15.3. The molecule has 1 saturated carbocycles. The fourth-order valence-electron chi connectivity index (χ4n) is 2.28. The summed E-state index contributed by atoms with van der Waals surface area (Å²) in [4.78, 5) is 16.1. The number of guanidine groups is 1. The molecule has 1 unspecified atom stereocenters. The molecule has 0 radical (unpaired) electrons. The van der Waals surface area contributed by atoms with E-state index in [0.29, 0.717) is 31.1 Å². The minimum atomic E-state index is -0.0149. The number of nitrogens with one attached hydrogen (secondary N) is 3. The Morgan fingerprint density at radius 1 is 1.28 bits per heavy atom. The molecule has 6 nitrogen and oxygen atoms in total. The molecule has 138 valence electrons. The summed E-state index contributed by atoms with van der Waals surface area (Å²) < 4.78 is 5.76. The average molecular weight is 346 g/mol. The van der Waals surface area contributed by atoms with Gasteiger partial charge in [0.05, 0.1) is 13.2 Å². The van der Waals surface area contributed by atoms with Gasteiger partial charge in [-0.3, -0.25) is 4.79 Å². The van der Waals surface area contributed by atoms with Crippen LogP contribution in [0.4, 0.5) is 0 Å². The average Bonchev–Trinajstić information content (AvgIpc) is 3.42. The lowest BCUT2D eigenvalue weighted by Gasteiger charge is -2.16. The van der Waals surface area contributed by atoms with Crippen LogP contribution in [0.25, 0.3) is 0 Å². The topological polar surface area (TPSA) is 74.8 Å². The SMILES string of the molecule is CCNC(=NCC(=O)NC1CC1)NCC(C)COCc1ccccc1. The van der Waals surface area contributed by atoms with Crippen LogP contribution in [0, 0.1) is 5.92 Å². The second kappa shape index (κ2) is 10.7. The monoisotopic (exact) mass is 346 g/mol. The van der Waals surface area contributed by atoms with E-state index < -0.39 is 0 Å². The number of amides is 1. The number of benzene rings is 1. The highest BCUT2D eigenvalue weighted by Gasteiger charge is 2.22. The lowest BCUT2D eigenvalue weighted by Crippen LogP contribution is -2.41. The summed E-state index contributed by atoms with van der Waals surface area (Å²) in [5.74, 6) is 0.996. The maximum Gasteiger partial charge on any atom is 0.242 e. The Balaban J connectivity index is 1.65. The summed E-state index contributed by atoms with van der Waals surface area (Å²) in [6, 6.07) is 10.5. The molecule has 2 rings (SSSR count). The van der Waals surface area contributed by atoms with Crippen molar-refractivity contribution in [1.29, 1.82) is 0 Å². The van der Waals surface area contributed by atoms with E-state index in [-0.39, 0.29) is 12.5 Å². The molecule has 0 aromatic heterocycles. The predicted molar refractivity (Wildman–Crippen MR) is 100 cm³/mol. The van der Waals surface area contributed by atoms with Crippen molar-refractivity contribution in [3.8, 4) is 0 Å². The fraction of sp³-hybridized carbons (Fsp3) is 0.579. The minimum Gasteiger partial charge on any atom is -0.376 e. The van der Waals surface area contributed by atoms with Crippen LogP contribution in [0.1, 0.15) is 32.3 Å². The zero-order valence-electron chi connectivity index (χ0n) is 15.3. The molecule has 1 amide bonds. The highest BCUT2D eigenvalue weighted by Crippen LogP contribution is 2.18. The molecule has 0 bridgehead atoms. The van der Waals surface area contributed by atoms with Crippen LogP contribution in [0.2, 0.25) is 0 Å². The molecular formula is C19H30N4O2. The third kappa shape index (κ3) is 8.54. The van der Waals surface area contributed by atoms with E-state index in [1.165, 1.54) is 5.56 Å². The maximum absolute atomic E-state index is 11.7. The molecule has 25 heavy (non-hydrogen) atoms. The van der Waals surface area contributed by atoms with Crippen LogP contribution in [0.5, 0.6) is 0 Å². The van der Waals surface area contributed by atoms with Gasteiger partial charge in [-0.1, -0.05) is 37.3 Å². The predicted octanol–water partition coefficient (Wildman–Crippen LogP) is 1.67. The second-order valence-corrected chi connectivity index (χ2v) is 6.52. The van der Waals surface area contributed by atoms with Gasteiger partial charge in [-0.05, 0) is 31.2 Å². The van der Waals surface area contributed by atoms with Crippen molar-refractivity contribution in [3.05, 3.63) is 35.9 Å². The summed E-state index contributed by atoms with van der Waals surface area (Å²) in [6.07, 6.45) is 2.18. The van der Waals surface area contributed by atoms with E-state index in [1.54, 1.807) is 0 Å².